The van der Waals surface area contributed by atoms with Crippen molar-refractivity contribution in [3.8, 4) is 11.1 Å². The summed E-state index contributed by atoms with van der Waals surface area (Å²) >= 11 is 0. The number of carbonyl (C=O) groups excluding carboxylic acids is 2. The molecule has 2 aromatic heterocycles. The summed E-state index contributed by atoms with van der Waals surface area (Å²) in [7, 11) is 1.78. The summed E-state index contributed by atoms with van der Waals surface area (Å²) in [6.45, 7) is 2.77. The minimum absolute atomic E-state index is 0.136. The number of carbonyl (C=O) groups is 2. The highest BCUT2D eigenvalue weighted by atomic mass is 19.1. The first-order valence-electron chi connectivity index (χ1n) is 13.8. The summed E-state index contributed by atoms with van der Waals surface area (Å²) in [5, 5.41) is 0.865. The number of rotatable bonds is 10. The zero-order chi connectivity index (χ0) is 25.7. The maximum Gasteiger partial charge on any atom is 0.272 e. The Morgan fingerprint density at radius 2 is 1.86 bits per heavy atom. The highest BCUT2D eigenvalue weighted by Gasteiger charge is 2.52. The van der Waals surface area contributed by atoms with Crippen LogP contribution in [0.5, 0.6) is 0 Å². The molecule has 4 aliphatic carbocycles. The second-order valence-electron chi connectivity index (χ2n) is 11.4. The first kappa shape index (κ1) is 24.2. The van der Waals surface area contributed by atoms with E-state index in [9.17, 15) is 9.59 Å². The van der Waals surface area contributed by atoms with E-state index >= 15 is 4.39 Å². The molecule has 4 fully saturated rings. The van der Waals surface area contributed by atoms with Crippen molar-refractivity contribution in [3.05, 3.63) is 59.3 Å². The van der Waals surface area contributed by atoms with Gasteiger partial charge in [0, 0.05) is 60.5 Å². The Morgan fingerprint density at radius 1 is 1.08 bits per heavy atom. The first-order chi connectivity index (χ1) is 17.9. The molecule has 7 rings (SSSR count). The molecule has 1 amide bonds. The molecular formula is C31H34FN3O2. The molecule has 0 radical (unpaired) electrons. The van der Waals surface area contributed by atoms with Crippen molar-refractivity contribution < 1.29 is 14.0 Å². The van der Waals surface area contributed by atoms with E-state index in [1.54, 1.807) is 36.5 Å². The third-order valence-corrected chi connectivity index (χ3v) is 8.89. The van der Waals surface area contributed by atoms with Crippen LogP contribution in [0, 0.1) is 29.5 Å². The molecule has 1 aromatic carbocycles. The fraction of sp³-hybridized carbons (Fsp3) is 0.484. The Kier molecular flexibility index (Phi) is 6.29. The molecule has 3 aromatic rings. The molecular weight excluding hydrogens is 465 g/mol. The van der Waals surface area contributed by atoms with Crippen LogP contribution in [-0.4, -0.2) is 40.2 Å². The molecule has 2 bridgehead atoms. The molecule has 0 unspecified atom stereocenters. The van der Waals surface area contributed by atoms with Crippen molar-refractivity contribution in [2.45, 2.75) is 58.3 Å². The molecule has 6 heteroatoms. The largest absolute Gasteiger partial charge is 0.340 e. The van der Waals surface area contributed by atoms with Gasteiger partial charge in [0.25, 0.3) is 5.91 Å². The van der Waals surface area contributed by atoms with Crippen LogP contribution in [0.15, 0.2) is 36.7 Å². The van der Waals surface area contributed by atoms with Crippen LogP contribution < -0.4 is 0 Å². The normalized spacial score (nSPS) is 21.9. The van der Waals surface area contributed by atoms with Crippen molar-refractivity contribution >= 4 is 22.6 Å². The standard InChI is InChI=1S/C31H34FN3O2/c1-3-4-9-35(2)31(37)28-8-7-19(16-33-28)23-14-25-24(13-22-20-11-21(22)12-20)26(30(36)10-18-5-6-18)17-34-29(25)15-27(23)32/h7-8,14-18,20-22H,3-6,9-13H2,1-2H3. The van der Waals surface area contributed by atoms with E-state index in [1.165, 1.54) is 18.9 Å². The topological polar surface area (TPSA) is 63.2 Å². The van der Waals surface area contributed by atoms with Crippen LogP contribution in [0.2, 0.25) is 0 Å². The van der Waals surface area contributed by atoms with E-state index in [-0.39, 0.29) is 17.5 Å². The van der Waals surface area contributed by atoms with Crippen molar-refractivity contribution in [1.82, 2.24) is 14.9 Å². The predicted octanol–water partition coefficient (Wildman–Crippen LogP) is 6.49. The quantitative estimate of drug-likeness (QED) is 0.299. The molecule has 0 aliphatic heterocycles. The van der Waals surface area contributed by atoms with E-state index in [0.29, 0.717) is 47.1 Å². The van der Waals surface area contributed by atoms with E-state index in [4.69, 9.17) is 0 Å². The van der Waals surface area contributed by atoms with Gasteiger partial charge in [-0.2, -0.15) is 0 Å². The van der Waals surface area contributed by atoms with Crippen molar-refractivity contribution in [1.29, 1.82) is 0 Å². The van der Waals surface area contributed by atoms with Crippen LogP contribution in [0.25, 0.3) is 22.0 Å². The fourth-order valence-corrected chi connectivity index (χ4v) is 5.99. The summed E-state index contributed by atoms with van der Waals surface area (Å²) in [4.78, 5) is 36.5. The van der Waals surface area contributed by atoms with E-state index in [1.807, 2.05) is 6.07 Å². The van der Waals surface area contributed by atoms with Gasteiger partial charge in [0.1, 0.15) is 11.5 Å². The highest BCUT2D eigenvalue weighted by molar-refractivity contribution is 6.02. The van der Waals surface area contributed by atoms with Crippen molar-refractivity contribution in [3.63, 3.8) is 0 Å². The van der Waals surface area contributed by atoms with Crippen LogP contribution >= 0.6 is 0 Å². The summed E-state index contributed by atoms with van der Waals surface area (Å²) in [6.07, 6.45) is 11.5. The zero-order valence-corrected chi connectivity index (χ0v) is 21.7. The molecule has 2 heterocycles. The number of Topliss-reactive ketones (excluding diaryl/α,β-unsaturated/α-hetero) is 1. The summed E-state index contributed by atoms with van der Waals surface area (Å²) in [5.74, 6) is 2.32. The minimum Gasteiger partial charge on any atom is -0.340 e. The molecule has 37 heavy (non-hydrogen) atoms. The average molecular weight is 500 g/mol. The van der Waals surface area contributed by atoms with Crippen molar-refractivity contribution in [2.75, 3.05) is 13.6 Å². The Morgan fingerprint density at radius 3 is 2.49 bits per heavy atom. The number of benzene rings is 1. The van der Waals surface area contributed by atoms with Crippen molar-refractivity contribution in [2.24, 2.45) is 23.7 Å². The molecule has 0 atom stereocenters. The van der Waals surface area contributed by atoms with Crippen LogP contribution in [0.3, 0.4) is 0 Å². The Balaban J connectivity index is 1.35. The van der Waals surface area contributed by atoms with E-state index < -0.39 is 0 Å². The van der Waals surface area contributed by atoms with Gasteiger partial charge < -0.3 is 4.90 Å². The molecule has 4 saturated carbocycles. The lowest BCUT2D eigenvalue weighted by Gasteiger charge is -2.58. The number of amides is 1. The molecule has 0 N–H and O–H groups in total. The van der Waals surface area contributed by atoms with Gasteiger partial charge in [0.05, 0.1) is 5.52 Å². The van der Waals surface area contributed by atoms with Gasteiger partial charge in [0.2, 0.25) is 0 Å². The fourth-order valence-electron chi connectivity index (χ4n) is 5.99. The number of halogens is 1. The van der Waals surface area contributed by atoms with E-state index in [2.05, 4.69) is 16.9 Å². The number of ketones is 1. The summed E-state index contributed by atoms with van der Waals surface area (Å²) < 4.78 is 15.3. The summed E-state index contributed by atoms with van der Waals surface area (Å²) in [6, 6.07) is 6.74. The Labute approximate surface area is 217 Å². The van der Waals surface area contributed by atoms with Gasteiger partial charge in [-0.3, -0.25) is 19.6 Å². The molecule has 0 saturated heterocycles. The smallest absolute Gasteiger partial charge is 0.272 e. The molecule has 5 nitrogen and oxygen atoms in total. The lowest BCUT2D eigenvalue weighted by Crippen LogP contribution is -2.51. The van der Waals surface area contributed by atoms with Crippen LogP contribution in [0.4, 0.5) is 4.39 Å². The van der Waals surface area contributed by atoms with Gasteiger partial charge in [-0.25, -0.2) is 4.39 Å². The third-order valence-electron chi connectivity index (χ3n) is 8.89. The van der Waals surface area contributed by atoms with Crippen LogP contribution in [0.1, 0.15) is 78.3 Å². The van der Waals surface area contributed by atoms with Gasteiger partial charge >= 0.3 is 0 Å². The number of fused-ring (bicyclic) bond motifs is 1. The number of pyridine rings is 2. The Hall–Kier alpha value is -3.15. The van der Waals surface area contributed by atoms with E-state index in [0.717, 1.165) is 60.5 Å². The summed E-state index contributed by atoms with van der Waals surface area (Å²) in [5.41, 5.74) is 3.73. The third kappa shape index (κ3) is 4.55. The number of hydrogen-bond acceptors (Lipinski definition) is 4. The predicted molar refractivity (Wildman–Crippen MR) is 142 cm³/mol. The number of aromatic nitrogens is 2. The number of unbranched alkanes of at least 4 members (excludes halogenated alkanes) is 1. The highest BCUT2D eigenvalue weighted by Crippen LogP contribution is 2.60. The second kappa shape index (κ2) is 9.62. The van der Waals surface area contributed by atoms with Gasteiger partial charge in [-0.15, -0.1) is 0 Å². The lowest BCUT2D eigenvalue weighted by atomic mass is 9.47. The van der Waals surface area contributed by atoms with Gasteiger partial charge in [-0.1, -0.05) is 19.4 Å². The maximum atomic E-state index is 15.3. The maximum absolute atomic E-state index is 15.3. The second-order valence-corrected chi connectivity index (χ2v) is 11.4. The Bertz CT molecular complexity index is 1350. The number of hydrogen-bond donors (Lipinski definition) is 0. The average Bonchev–Trinajstić information content (AvgIpc) is 3.67. The SMILES string of the molecule is CCCCN(C)C(=O)c1ccc(-c2cc3c(CC4C5CC4C5)c(C(=O)CC4CC4)cnc3cc2F)cn1. The van der Waals surface area contributed by atoms with Crippen LogP contribution in [-0.2, 0) is 6.42 Å². The monoisotopic (exact) mass is 499 g/mol. The van der Waals surface area contributed by atoms with Gasteiger partial charge in [-0.05, 0) is 79.9 Å². The first-order valence-corrected chi connectivity index (χ1v) is 13.8. The number of nitrogens with zero attached hydrogens (tertiary/aromatic N) is 3. The lowest BCUT2D eigenvalue weighted by molar-refractivity contribution is -0.0793. The minimum atomic E-state index is -0.379. The molecule has 192 valence electrons. The van der Waals surface area contributed by atoms with Gasteiger partial charge in [0.15, 0.2) is 5.78 Å². The zero-order valence-electron chi connectivity index (χ0n) is 21.7. The molecule has 4 aliphatic rings. The molecule has 0 spiro atoms.